The standard InChI is InChI=1S/C24H26FN5O/c1-27-23-14-18(25)13-22-21(23)15-19(28-24(22)31)3-2-8-29-9-11-30(12-10-29)20-6-4-17(16-26)5-7-20/h4-7,13-15,27H,2-3,8-12H2,1H3,(H,28,31). The highest BCUT2D eigenvalue weighted by Gasteiger charge is 2.17. The van der Waals surface area contributed by atoms with Gasteiger partial charge in [0.2, 0.25) is 0 Å². The van der Waals surface area contributed by atoms with Crippen molar-refractivity contribution >= 4 is 22.1 Å². The Kier molecular flexibility index (Phi) is 6.19. The Bertz CT molecular complexity index is 1160. The Morgan fingerprint density at radius 2 is 1.84 bits per heavy atom. The summed E-state index contributed by atoms with van der Waals surface area (Å²) in [5, 5.41) is 13.0. The monoisotopic (exact) mass is 419 g/mol. The molecule has 0 saturated carbocycles. The SMILES string of the molecule is CNc1cc(F)cc2c(=O)[nH]c(CCCN3CCN(c4ccc(C#N)cc4)CC3)cc12. The minimum Gasteiger partial charge on any atom is -0.388 e. The first-order chi connectivity index (χ1) is 15.1. The lowest BCUT2D eigenvalue weighted by Crippen LogP contribution is -2.46. The summed E-state index contributed by atoms with van der Waals surface area (Å²) in [6.45, 7) is 4.84. The van der Waals surface area contributed by atoms with Crippen molar-refractivity contribution in [3.05, 3.63) is 69.9 Å². The molecule has 1 saturated heterocycles. The van der Waals surface area contributed by atoms with Gasteiger partial charge in [-0.1, -0.05) is 0 Å². The number of anilines is 2. The second-order valence-corrected chi connectivity index (χ2v) is 7.88. The summed E-state index contributed by atoms with van der Waals surface area (Å²) in [4.78, 5) is 20.1. The number of nitrogens with one attached hydrogen (secondary N) is 2. The smallest absolute Gasteiger partial charge is 0.256 e. The first kappa shape index (κ1) is 20.9. The summed E-state index contributed by atoms with van der Waals surface area (Å²) in [6.07, 6.45) is 1.70. The number of piperazine rings is 1. The Morgan fingerprint density at radius 3 is 2.52 bits per heavy atom. The van der Waals surface area contributed by atoms with Crippen molar-refractivity contribution in [3.63, 3.8) is 0 Å². The number of nitriles is 1. The molecular weight excluding hydrogens is 393 g/mol. The largest absolute Gasteiger partial charge is 0.388 e. The molecule has 4 rings (SSSR count). The normalized spacial score (nSPS) is 14.5. The van der Waals surface area contributed by atoms with E-state index in [0.29, 0.717) is 16.6 Å². The zero-order chi connectivity index (χ0) is 21.8. The van der Waals surface area contributed by atoms with Crippen molar-refractivity contribution < 1.29 is 4.39 Å². The van der Waals surface area contributed by atoms with E-state index in [-0.39, 0.29) is 5.56 Å². The second kappa shape index (κ2) is 9.19. The first-order valence-corrected chi connectivity index (χ1v) is 10.6. The molecule has 2 aromatic carbocycles. The first-order valence-electron chi connectivity index (χ1n) is 10.6. The van der Waals surface area contributed by atoms with Crippen LogP contribution in [0.15, 0.2) is 47.3 Å². The molecule has 1 aliphatic rings. The molecule has 0 spiro atoms. The van der Waals surface area contributed by atoms with Crippen LogP contribution in [0.3, 0.4) is 0 Å². The number of aromatic amines is 1. The summed E-state index contributed by atoms with van der Waals surface area (Å²) in [5.74, 6) is -0.421. The number of fused-ring (bicyclic) bond motifs is 1. The number of rotatable bonds is 6. The van der Waals surface area contributed by atoms with Gasteiger partial charge in [0.25, 0.3) is 5.56 Å². The number of aromatic nitrogens is 1. The quantitative estimate of drug-likeness (QED) is 0.641. The molecule has 6 nitrogen and oxygen atoms in total. The maximum atomic E-state index is 13.7. The predicted molar refractivity (Wildman–Crippen MR) is 122 cm³/mol. The maximum Gasteiger partial charge on any atom is 0.256 e. The number of H-pyrrole nitrogens is 1. The molecule has 0 unspecified atom stereocenters. The van der Waals surface area contributed by atoms with Crippen LogP contribution in [0.25, 0.3) is 10.8 Å². The second-order valence-electron chi connectivity index (χ2n) is 7.88. The molecule has 1 aliphatic heterocycles. The van der Waals surface area contributed by atoms with Gasteiger partial charge >= 0.3 is 0 Å². The van der Waals surface area contributed by atoms with Crippen molar-refractivity contribution in [2.45, 2.75) is 12.8 Å². The topological polar surface area (TPSA) is 75.2 Å². The maximum absolute atomic E-state index is 13.7. The van der Waals surface area contributed by atoms with Gasteiger partial charge in [-0.3, -0.25) is 9.69 Å². The van der Waals surface area contributed by atoms with Crippen LogP contribution in [-0.2, 0) is 6.42 Å². The average Bonchev–Trinajstić information content (AvgIpc) is 2.80. The van der Waals surface area contributed by atoms with Crippen molar-refractivity contribution in [1.29, 1.82) is 5.26 Å². The van der Waals surface area contributed by atoms with Gasteiger partial charge in [-0.15, -0.1) is 0 Å². The molecule has 31 heavy (non-hydrogen) atoms. The minimum atomic E-state index is -0.421. The zero-order valence-electron chi connectivity index (χ0n) is 17.6. The van der Waals surface area contributed by atoms with Gasteiger partial charge in [-0.25, -0.2) is 4.39 Å². The molecule has 7 heteroatoms. The molecule has 2 N–H and O–H groups in total. The third-order valence-electron chi connectivity index (χ3n) is 5.91. The fraction of sp³-hybridized carbons (Fsp3) is 0.333. The van der Waals surface area contributed by atoms with E-state index in [0.717, 1.165) is 62.3 Å². The van der Waals surface area contributed by atoms with E-state index in [1.807, 2.05) is 30.3 Å². The van der Waals surface area contributed by atoms with E-state index in [4.69, 9.17) is 5.26 Å². The number of hydrogen-bond acceptors (Lipinski definition) is 5. The van der Waals surface area contributed by atoms with Crippen LogP contribution in [0.5, 0.6) is 0 Å². The lowest BCUT2D eigenvalue weighted by atomic mass is 10.1. The lowest BCUT2D eigenvalue weighted by Gasteiger charge is -2.36. The summed E-state index contributed by atoms with van der Waals surface area (Å²) < 4.78 is 13.7. The van der Waals surface area contributed by atoms with Gasteiger partial charge in [0, 0.05) is 55.7 Å². The highest BCUT2D eigenvalue weighted by Crippen LogP contribution is 2.23. The highest BCUT2D eigenvalue weighted by atomic mass is 19.1. The van der Waals surface area contributed by atoms with Gasteiger partial charge in [0.1, 0.15) is 5.82 Å². The number of hydrogen-bond donors (Lipinski definition) is 2. The molecule has 3 aromatic rings. The van der Waals surface area contributed by atoms with Crippen molar-refractivity contribution in [2.24, 2.45) is 0 Å². The summed E-state index contributed by atoms with van der Waals surface area (Å²) >= 11 is 0. The fourth-order valence-corrected chi connectivity index (χ4v) is 4.20. The molecule has 0 aliphatic carbocycles. The van der Waals surface area contributed by atoms with Gasteiger partial charge in [0.15, 0.2) is 0 Å². The molecule has 2 heterocycles. The van der Waals surface area contributed by atoms with Crippen LogP contribution in [0.4, 0.5) is 15.8 Å². The van der Waals surface area contributed by atoms with Crippen LogP contribution < -0.4 is 15.8 Å². The van der Waals surface area contributed by atoms with Crippen LogP contribution in [0, 0.1) is 17.1 Å². The Labute approximate surface area is 180 Å². The van der Waals surface area contributed by atoms with Crippen LogP contribution in [-0.4, -0.2) is 49.7 Å². The molecule has 0 bridgehead atoms. The number of aryl methyl sites for hydroxylation is 1. The lowest BCUT2D eigenvalue weighted by molar-refractivity contribution is 0.255. The molecule has 0 amide bonds. The Morgan fingerprint density at radius 1 is 1.10 bits per heavy atom. The van der Waals surface area contributed by atoms with Crippen LogP contribution >= 0.6 is 0 Å². The van der Waals surface area contributed by atoms with E-state index in [9.17, 15) is 9.18 Å². The van der Waals surface area contributed by atoms with E-state index >= 15 is 0 Å². The summed E-state index contributed by atoms with van der Waals surface area (Å²) in [7, 11) is 1.73. The van der Waals surface area contributed by atoms with Crippen molar-refractivity contribution in [3.8, 4) is 6.07 Å². The Balaban J connectivity index is 1.33. The zero-order valence-corrected chi connectivity index (χ0v) is 17.6. The average molecular weight is 420 g/mol. The highest BCUT2D eigenvalue weighted by molar-refractivity contribution is 5.93. The van der Waals surface area contributed by atoms with Gasteiger partial charge in [0.05, 0.1) is 17.0 Å². The molecule has 1 fully saturated rings. The van der Waals surface area contributed by atoms with E-state index in [2.05, 4.69) is 26.2 Å². The van der Waals surface area contributed by atoms with E-state index < -0.39 is 5.82 Å². The molecule has 0 radical (unpaired) electrons. The van der Waals surface area contributed by atoms with E-state index in [1.165, 1.54) is 12.1 Å². The van der Waals surface area contributed by atoms with E-state index in [1.54, 1.807) is 7.05 Å². The summed E-state index contributed by atoms with van der Waals surface area (Å²) in [5.41, 5.74) is 3.09. The third kappa shape index (κ3) is 4.70. The minimum absolute atomic E-state index is 0.250. The number of nitrogens with zero attached hydrogens (tertiary/aromatic N) is 3. The Hall–Kier alpha value is -3.37. The van der Waals surface area contributed by atoms with Crippen LogP contribution in [0.2, 0.25) is 0 Å². The number of pyridine rings is 1. The molecular formula is C24H26FN5O. The van der Waals surface area contributed by atoms with Crippen molar-refractivity contribution in [2.75, 3.05) is 50.0 Å². The summed E-state index contributed by atoms with van der Waals surface area (Å²) in [6, 6.07) is 14.5. The fourth-order valence-electron chi connectivity index (χ4n) is 4.20. The van der Waals surface area contributed by atoms with Gasteiger partial charge < -0.3 is 15.2 Å². The third-order valence-corrected chi connectivity index (χ3v) is 5.91. The number of halogens is 1. The van der Waals surface area contributed by atoms with Gasteiger partial charge in [-0.2, -0.15) is 5.26 Å². The molecule has 1 aromatic heterocycles. The van der Waals surface area contributed by atoms with Gasteiger partial charge in [-0.05, 0) is 61.9 Å². The molecule has 0 atom stereocenters. The number of benzene rings is 2. The molecule has 160 valence electrons. The van der Waals surface area contributed by atoms with Crippen molar-refractivity contribution in [1.82, 2.24) is 9.88 Å². The predicted octanol–water partition coefficient (Wildman–Crippen LogP) is 3.34. The van der Waals surface area contributed by atoms with Crippen LogP contribution in [0.1, 0.15) is 17.7 Å².